The van der Waals surface area contributed by atoms with E-state index in [-0.39, 0.29) is 29.9 Å². The van der Waals surface area contributed by atoms with Crippen molar-refractivity contribution < 1.29 is 18.6 Å². The van der Waals surface area contributed by atoms with Gasteiger partial charge in [0.05, 0.1) is 6.10 Å². The number of anilines is 1. The number of rotatable bonds is 5. The monoisotopic (exact) mass is 377 g/mol. The quantitative estimate of drug-likeness (QED) is 0.816. The van der Waals surface area contributed by atoms with Gasteiger partial charge in [-0.05, 0) is 12.8 Å². The number of likely N-dealkylation sites (tertiary alicyclic amines) is 1. The minimum Gasteiger partial charge on any atom is -0.492 e. The summed E-state index contributed by atoms with van der Waals surface area (Å²) in [6, 6.07) is 2.53. The second-order valence-corrected chi connectivity index (χ2v) is 6.39. The van der Waals surface area contributed by atoms with Crippen LogP contribution < -0.4 is 15.0 Å². The zero-order valence-corrected chi connectivity index (χ0v) is 15.0. The maximum atomic E-state index is 14.3. The Kier molecular flexibility index (Phi) is 7.68. The van der Waals surface area contributed by atoms with Gasteiger partial charge in [0.25, 0.3) is 0 Å². The van der Waals surface area contributed by atoms with Gasteiger partial charge in [0.2, 0.25) is 0 Å². The fourth-order valence-electron chi connectivity index (χ4n) is 3.25. The van der Waals surface area contributed by atoms with Crippen LogP contribution in [0.25, 0.3) is 0 Å². The number of ether oxygens (including phenoxy) is 1. The number of aliphatic hydroxyl groups is 1. The molecule has 0 saturated carbocycles. The standard InChI is InChI=1S/C17H25F2N3O2.ClH/c18-15-11-14(24-10-9-21-5-1-13(23)2-6-21)12-16(19)17(15)22-7-3-20-4-8-22;/h11-13,20,23H,1-10H2;1H. The lowest BCUT2D eigenvalue weighted by molar-refractivity contribution is 0.0754. The third-order valence-electron chi connectivity index (χ3n) is 4.66. The molecule has 8 heteroatoms. The van der Waals surface area contributed by atoms with Gasteiger partial charge in [0, 0.05) is 57.9 Å². The van der Waals surface area contributed by atoms with Crippen molar-refractivity contribution in [3.63, 3.8) is 0 Å². The molecule has 0 spiro atoms. The molecule has 2 aliphatic rings. The normalized spacial score (nSPS) is 19.6. The summed E-state index contributed by atoms with van der Waals surface area (Å²) in [5.74, 6) is -0.929. The smallest absolute Gasteiger partial charge is 0.153 e. The van der Waals surface area contributed by atoms with Gasteiger partial charge in [0.1, 0.15) is 18.0 Å². The molecule has 2 fully saturated rings. The first-order chi connectivity index (χ1) is 11.6. The van der Waals surface area contributed by atoms with E-state index in [2.05, 4.69) is 10.2 Å². The van der Waals surface area contributed by atoms with Crippen LogP contribution in [0.2, 0.25) is 0 Å². The second-order valence-electron chi connectivity index (χ2n) is 6.39. The van der Waals surface area contributed by atoms with E-state index in [1.54, 1.807) is 4.90 Å². The molecule has 0 bridgehead atoms. The van der Waals surface area contributed by atoms with Crippen LogP contribution in [0.1, 0.15) is 12.8 Å². The Morgan fingerprint density at radius 3 is 2.28 bits per heavy atom. The van der Waals surface area contributed by atoms with E-state index in [0.29, 0.717) is 26.2 Å². The van der Waals surface area contributed by atoms with Crippen molar-refractivity contribution in [1.82, 2.24) is 10.2 Å². The Morgan fingerprint density at radius 2 is 1.68 bits per heavy atom. The maximum Gasteiger partial charge on any atom is 0.153 e. The van der Waals surface area contributed by atoms with E-state index in [4.69, 9.17) is 4.74 Å². The van der Waals surface area contributed by atoms with E-state index >= 15 is 0 Å². The van der Waals surface area contributed by atoms with Crippen LogP contribution in [0.15, 0.2) is 12.1 Å². The first kappa shape index (κ1) is 20.2. The summed E-state index contributed by atoms with van der Waals surface area (Å²) >= 11 is 0. The van der Waals surface area contributed by atoms with Crippen molar-refractivity contribution in [3.8, 4) is 5.75 Å². The lowest BCUT2D eigenvalue weighted by Gasteiger charge is -2.30. The summed E-state index contributed by atoms with van der Waals surface area (Å²) in [5, 5.41) is 12.6. The van der Waals surface area contributed by atoms with E-state index in [9.17, 15) is 13.9 Å². The Labute approximate surface area is 153 Å². The Bertz CT molecular complexity index is 528. The number of hydrogen-bond donors (Lipinski definition) is 2. The molecule has 2 saturated heterocycles. The summed E-state index contributed by atoms with van der Waals surface area (Å²) in [6.07, 6.45) is 1.33. The molecule has 3 rings (SSSR count). The predicted octanol–water partition coefficient (Wildman–Crippen LogP) is 1.63. The third-order valence-corrected chi connectivity index (χ3v) is 4.66. The molecule has 0 aliphatic carbocycles. The van der Waals surface area contributed by atoms with Gasteiger partial charge in [-0.15, -0.1) is 12.4 Å². The molecule has 25 heavy (non-hydrogen) atoms. The highest BCUT2D eigenvalue weighted by Gasteiger charge is 2.21. The topological polar surface area (TPSA) is 48.0 Å². The molecular weight excluding hydrogens is 352 g/mol. The molecule has 142 valence electrons. The van der Waals surface area contributed by atoms with Crippen LogP contribution in [-0.4, -0.2) is 68.5 Å². The van der Waals surface area contributed by atoms with Crippen molar-refractivity contribution in [2.45, 2.75) is 18.9 Å². The molecule has 0 amide bonds. The number of hydrogen-bond acceptors (Lipinski definition) is 5. The molecule has 0 aromatic heterocycles. The summed E-state index contributed by atoms with van der Waals surface area (Å²) < 4.78 is 34.1. The van der Waals surface area contributed by atoms with E-state index in [0.717, 1.165) is 39.0 Å². The molecule has 1 aromatic rings. The largest absolute Gasteiger partial charge is 0.492 e. The van der Waals surface area contributed by atoms with E-state index < -0.39 is 11.6 Å². The molecule has 0 radical (unpaired) electrons. The number of piperazine rings is 1. The molecule has 2 heterocycles. The first-order valence-corrected chi connectivity index (χ1v) is 8.61. The highest BCUT2D eigenvalue weighted by molar-refractivity contribution is 5.85. The molecule has 0 atom stereocenters. The average Bonchev–Trinajstić information content (AvgIpc) is 2.57. The average molecular weight is 378 g/mol. The van der Waals surface area contributed by atoms with Gasteiger partial charge in [-0.2, -0.15) is 0 Å². The van der Waals surface area contributed by atoms with Crippen molar-refractivity contribution in [2.75, 3.05) is 57.3 Å². The van der Waals surface area contributed by atoms with Gasteiger partial charge < -0.3 is 20.1 Å². The number of nitrogens with zero attached hydrogens (tertiary/aromatic N) is 2. The second kappa shape index (κ2) is 9.52. The van der Waals surface area contributed by atoms with E-state index in [1.165, 1.54) is 12.1 Å². The fraction of sp³-hybridized carbons (Fsp3) is 0.647. The molecule has 2 N–H and O–H groups in total. The van der Waals surface area contributed by atoms with Crippen LogP contribution in [0.4, 0.5) is 14.5 Å². The Balaban J connectivity index is 0.00000225. The Morgan fingerprint density at radius 1 is 1.08 bits per heavy atom. The minimum absolute atomic E-state index is 0. The van der Waals surface area contributed by atoms with Crippen molar-refractivity contribution in [1.29, 1.82) is 0 Å². The first-order valence-electron chi connectivity index (χ1n) is 8.61. The molecule has 1 aromatic carbocycles. The lowest BCUT2D eigenvalue weighted by atomic mass is 10.1. The fourth-order valence-corrected chi connectivity index (χ4v) is 3.25. The van der Waals surface area contributed by atoms with Crippen molar-refractivity contribution in [2.24, 2.45) is 0 Å². The van der Waals surface area contributed by atoms with Gasteiger partial charge in [-0.1, -0.05) is 0 Å². The van der Waals surface area contributed by atoms with Crippen LogP contribution in [0, 0.1) is 11.6 Å². The Hall–Kier alpha value is -1.15. The maximum absolute atomic E-state index is 14.3. The van der Waals surface area contributed by atoms with Crippen LogP contribution in [0.3, 0.4) is 0 Å². The number of piperidine rings is 1. The lowest BCUT2D eigenvalue weighted by Crippen LogP contribution is -2.44. The van der Waals surface area contributed by atoms with Gasteiger partial charge in [0.15, 0.2) is 11.6 Å². The predicted molar refractivity (Wildman–Crippen MR) is 95.9 cm³/mol. The highest BCUT2D eigenvalue weighted by atomic mass is 35.5. The van der Waals surface area contributed by atoms with Crippen molar-refractivity contribution in [3.05, 3.63) is 23.8 Å². The number of aliphatic hydroxyl groups excluding tert-OH is 1. The zero-order valence-electron chi connectivity index (χ0n) is 14.2. The summed E-state index contributed by atoms with van der Waals surface area (Å²) in [6.45, 7) is 5.36. The minimum atomic E-state index is -0.576. The molecule has 0 unspecified atom stereocenters. The molecule has 2 aliphatic heterocycles. The summed E-state index contributed by atoms with van der Waals surface area (Å²) in [5.41, 5.74) is 0.0360. The molecule has 5 nitrogen and oxygen atoms in total. The molecular formula is C17H26ClF2N3O2. The summed E-state index contributed by atoms with van der Waals surface area (Å²) in [4.78, 5) is 3.92. The number of benzene rings is 1. The zero-order chi connectivity index (χ0) is 16.9. The SMILES string of the molecule is Cl.OC1CCN(CCOc2cc(F)c(N3CCNCC3)c(F)c2)CC1. The van der Waals surface area contributed by atoms with Gasteiger partial charge >= 0.3 is 0 Å². The third kappa shape index (κ3) is 5.41. The summed E-state index contributed by atoms with van der Waals surface area (Å²) in [7, 11) is 0. The number of halogens is 3. The van der Waals surface area contributed by atoms with Crippen LogP contribution >= 0.6 is 12.4 Å². The number of nitrogens with one attached hydrogen (secondary N) is 1. The van der Waals surface area contributed by atoms with Crippen LogP contribution in [0.5, 0.6) is 5.75 Å². The van der Waals surface area contributed by atoms with Crippen LogP contribution in [-0.2, 0) is 0 Å². The van der Waals surface area contributed by atoms with E-state index in [1.807, 2.05) is 0 Å². The highest BCUT2D eigenvalue weighted by Crippen LogP contribution is 2.28. The van der Waals surface area contributed by atoms with Crippen molar-refractivity contribution >= 4 is 18.1 Å². The van der Waals surface area contributed by atoms with Gasteiger partial charge in [-0.25, -0.2) is 8.78 Å². The van der Waals surface area contributed by atoms with Gasteiger partial charge in [-0.3, -0.25) is 4.90 Å².